The summed E-state index contributed by atoms with van der Waals surface area (Å²) in [4.78, 5) is 47.1. The number of hydrogen-bond acceptors (Lipinski definition) is 16. The first kappa shape index (κ1) is 38.6. The maximum atomic E-state index is 12.0. The lowest BCUT2D eigenvalue weighted by Crippen LogP contribution is -2.64. The zero-order chi connectivity index (χ0) is 32.7. The molecule has 0 saturated carbocycles. The van der Waals surface area contributed by atoms with Gasteiger partial charge >= 0.3 is 23.9 Å². The Morgan fingerprint density at radius 3 is 1.65 bits per heavy atom. The molecule has 0 aliphatic carbocycles. The third-order valence-corrected chi connectivity index (χ3v) is 6.53. The Bertz CT molecular complexity index is 868. The van der Waals surface area contributed by atoms with Gasteiger partial charge in [-0.2, -0.15) is 0 Å². The van der Waals surface area contributed by atoms with Crippen molar-refractivity contribution in [1.82, 2.24) is 0 Å². The van der Waals surface area contributed by atoms with E-state index in [-0.39, 0.29) is 19.8 Å². The van der Waals surface area contributed by atoms with Gasteiger partial charge in [-0.25, -0.2) is 0 Å². The molecule has 1 aliphatic heterocycles. The van der Waals surface area contributed by atoms with Crippen molar-refractivity contribution in [2.45, 2.75) is 88.9 Å². The first-order valence-corrected chi connectivity index (χ1v) is 13.4. The van der Waals surface area contributed by atoms with Crippen LogP contribution in [0.5, 0.6) is 0 Å². The largest absolute Gasteiger partial charge is 0.463 e. The van der Waals surface area contributed by atoms with Crippen molar-refractivity contribution in [3.05, 3.63) is 0 Å². The van der Waals surface area contributed by atoms with Crippen LogP contribution < -0.4 is 0 Å². The van der Waals surface area contributed by atoms with E-state index < -0.39 is 85.1 Å². The van der Waals surface area contributed by atoms with Gasteiger partial charge in [-0.05, 0) is 0 Å². The van der Waals surface area contributed by atoms with Crippen molar-refractivity contribution in [3.63, 3.8) is 0 Å². The van der Waals surface area contributed by atoms with E-state index in [0.29, 0.717) is 0 Å². The molecule has 0 amide bonds. The summed E-state index contributed by atoms with van der Waals surface area (Å²) in [5.41, 5.74) is 0. The molecule has 0 aromatic carbocycles. The van der Waals surface area contributed by atoms with Gasteiger partial charge in [0.15, 0.2) is 18.3 Å². The second-order valence-electron chi connectivity index (χ2n) is 9.49. The molecule has 0 spiro atoms. The lowest BCUT2D eigenvalue weighted by Gasteiger charge is -2.46. The molecule has 250 valence electrons. The first-order chi connectivity index (χ1) is 20.4. The molecule has 0 radical (unpaired) electrons. The summed E-state index contributed by atoms with van der Waals surface area (Å²) in [5.74, 6) is -2.41. The number of hydrogen-bond donors (Lipinski definition) is 0. The molecule has 10 atom stereocenters. The van der Waals surface area contributed by atoms with Gasteiger partial charge in [-0.15, -0.1) is 0 Å². The predicted octanol–water partition coefficient (Wildman–Crippen LogP) is -0.192. The van der Waals surface area contributed by atoms with Crippen LogP contribution in [0.25, 0.3) is 0 Å². The van der Waals surface area contributed by atoms with Crippen molar-refractivity contribution >= 4 is 23.9 Å². The molecule has 1 aliphatic rings. The molecule has 0 bridgehead atoms. The van der Waals surface area contributed by atoms with Crippen LogP contribution in [-0.4, -0.2) is 148 Å². The van der Waals surface area contributed by atoms with Crippen molar-refractivity contribution in [2.24, 2.45) is 0 Å². The lowest BCUT2D eigenvalue weighted by atomic mass is 9.94. The van der Waals surface area contributed by atoms with Crippen molar-refractivity contribution in [3.8, 4) is 0 Å². The maximum absolute atomic E-state index is 12.0. The highest BCUT2D eigenvalue weighted by Gasteiger charge is 2.52. The molecule has 0 N–H and O–H groups in total. The fourth-order valence-corrected chi connectivity index (χ4v) is 4.79. The molecule has 16 heteroatoms. The highest BCUT2D eigenvalue weighted by Crippen LogP contribution is 2.31. The molecule has 1 heterocycles. The molecule has 43 heavy (non-hydrogen) atoms. The predicted molar refractivity (Wildman–Crippen MR) is 144 cm³/mol. The second kappa shape index (κ2) is 19.8. The second-order valence-corrected chi connectivity index (χ2v) is 9.49. The number of carbonyl (C=O) groups is 4. The molecular weight excluding hydrogens is 580 g/mol. The molecular formula is C27H46O16. The van der Waals surface area contributed by atoms with Crippen LogP contribution in [0.3, 0.4) is 0 Å². The van der Waals surface area contributed by atoms with Gasteiger partial charge in [0.2, 0.25) is 6.29 Å². The minimum Gasteiger partial charge on any atom is -0.463 e. The van der Waals surface area contributed by atoms with E-state index in [4.69, 9.17) is 56.8 Å². The van der Waals surface area contributed by atoms with Crippen LogP contribution in [0, 0.1) is 0 Å². The van der Waals surface area contributed by atoms with Gasteiger partial charge in [0.25, 0.3) is 0 Å². The molecule has 1 rings (SSSR count). The van der Waals surface area contributed by atoms with Gasteiger partial charge < -0.3 is 56.8 Å². The van der Waals surface area contributed by atoms with Gasteiger partial charge in [-0.3, -0.25) is 19.2 Å². The minimum absolute atomic E-state index is 0.143. The van der Waals surface area contributed by atoms with Crippen LogP contribution in [0.2, 0.25) is 0 Å². The summed E-state index contributed by atoms with van der Waals surface area (Å²) in [5, 5.41) is 0. The van der Waals surface area contributed by atoms with Gasteiger partial charge in [0.1, 0.15) is 43.2 Å². The Hall–Kier alpha value is -2.44. The monoisotopic (exact) mass is 626 g/mol. The number of ether oxygens (including phenoxy) is 12. The summed E-state index contributed by atoms with van der Waals surface area (Å²) in [7, 11) is 8.31. The van der Waals surface area contributed by atoms with Crippen LogP contribution in [0.1, 0.15) is 27.7 Å². The van der Waals surface area contributed by atoms with Gasteiger partial charge in [0.05, 0.1) is 13.2 Å². The number of carbonyl (C=O) groups excluding carboxylic acids is 4. The third kappa shape index (κ3) is 11.9. The van der Waals surface area contributed by atoms with E-state index in [0.717, 1.165) is 0 Å². The van der Waals surface area contributed by atoms with E-state index >= 15 is 0 Å². The third-order valence-electron chi connectivity index (χ3n) is 6.53. The quantitative estimate of drug-likeness (QED) is 0.104. The Morgan fingerprint density at radius 1 is 0.628 bits per heavy atom. The Balaban J connectivity index is 3.24. The number of methoxy groups -OCH3 is 6. The summed E-state index contributed by atoms with van der Waals surface area (Å²) in [6.45, 7) is 4.39. The molecule has 0 aromatic heterocycles. The zero-order valence-corrected chi connectivity index (χ0v) is 26.4. The van der Waals surface area contributed by atoms with Crippen molar-refractivity contribution < 1.29 is 76.0 Å². The highest BCUT2D eigenvalue weighted by atomic mass is 16.7. The fraction of sp³-hybridized carbons (Fsp3) is 0.852. The summed E-state index contributed by atoms with van der Waals surface area (Å²) in [6.07, 6.45) is -9.60. The standard InChI is InChI=1S/C27H46O16/c1-14(28)39-13-18(32-5)21(33-6)22(34-7)19(40-15(2)29)11-38-12-20-23(35-8)24(36-9)25(41-16(3)30)26(43-20)27(37-10)42-17(4)31/h18-27H,11-13H2,1-10H3. The van der Waals surface area contributed by atoms with E-state index in [1.165, 1.54) is 70.4 Å². The molecule has 10 unspecified atom stereocenters. The minimum atomic E-state index is -1.27. The van der Waals surface area contributed by atoms with E-state index in [1.54, 1.807) is 0 Å². The summed E-state index contributed by atoms with van der Waals surface area (Å²) >= 11 is 0. The Kier molecular flexibility index (Phi) is 17.7. The van der Waals surface area contributed by atoms with Gasteiger partial charge in [0, 0.05) is 70.4 Å². The fourth-order valence-electron chi connectivity index (χ4n) is 4.79. The average Bonchev–Trinajstić information content (AvgIpc) is 2.94. The molecule has 1 fully saturated rings. The molecule has 1 saturated heterocycles. The summed E-state index contributed by atoms with van der Waals surface area (Å²) in [6, 6.07) is 0. The van der Waals surface area contributed by atoms with E-state index in [2.05, 4.69) is 0 Å². The van der Waals surface area contributed by atoms with Crippen LogP contribution in [0.15, 0.2) is 0 Å². The number of rotatable bonds is 19. The van der Waals surface area contributed by atoms with Crippen molar-refractivity contribution in [2.75, 3.05) is 62.5 Å². The molecule has 16 nitrogen and oxygen atoms in total. The Labute approximate surface area is 251 Å². The van der Waals surface area contributed by atoms with Crippen LogP contribution in [-0.2, 0) is 76.0 Å². The van der Waals surface area contributed by atoms with Crippen molar-refractivity contribution in [1.29, 1.82) is 0 Å². The SMILES string of the molecule is COC(COC(C)=O)C(OC)C(OC)C(COCC1OC(C(OC)OC(C)=O)C(OC(C)=O)C(OC)C1OC)OC(C)=O. The van der Waals surface area contributed by atoms with Gasteiger partial charge in [-0.1, -0.05) is 0 Å². The lowest BCUT2D eigenvalue weighted by molar-refractivity contribution is -0.297. The molecule has 0 aromatic rings. The van der Waals surface area contributed by atoms with E-state index in [9.17, 15) is 19.2 Å². The number of esters is 4. The topological polar surface area (TPSA) is 179 Å². The van der Waals surface area contributed by atoms with E-state index in [1.807, 2.05) is 0 Å². The smallest absolute Gasteiger partial charge is 0.305 e. The maximum Gasteiger partial charge on any atom is 0.305 e. The van der Waals surface area contributed by atoms with Crippen LogP contribution >= 0.6 is 0 Å². The van der Waals surface area contributed by atoms with Crippen LogP contribution in [0.4, 0.5) is 0 Å². The summed E-state index contributed by atoms with van der Waals surface area (Å²) < 4.78 is 66.7. The average molecular weight is 627 g/mol. The highest BCUT2D eigenvalue weighted by molar-refractivity contribution is 5.67. The zero-order valence-electron chi connectivity index (χ0n) is 26.4. The Morgan fingerprint density at radius 2 is 1.21 bits per heavy atom. The normalized spacial score (nSPS) is 25.5. The first-order valence-electron chi connectivity index (χ1n) is 13.4.